The molecule has 1 N–H and O–H groups in total. The zero-order valence-electron chi connectivity index (χ0n) is 12.3. The number of halogens is 1. The fraction of sp³-hybridized carbons (Fsp3) is 0.222. The van der Waals surface area contributed by atoms with Gasteiger partial charge in [0.15, 0.2) is 5.78 Å². The first-order valence-corrected chi connectivity index (χ1v) is 7.29. The third-order valence-corrected chi connectivity index (χ3v) is 3.64. The molecule has 0 saturated heterocycles. The summed E-state index contributed by atoms with van der Waals surface area (Å²) in [7, 11) is 0. The summed E-state index contributed by atoms with van der Waals surface area (Å²) >= 11 is 0. The molecule has 0 radical (unpaired) electrons. The van der Waals surface area contributed by atoms with Gasteiger partial charge in [-0.25, -0.2) is 0 Å². The smallest absolute Gasteiger partial charge is 0.181 e. The van der Waals surface area contributed by atoms with Gasteiger partial charge >= 0.3 is 0 Å². The SMILES string of the molecule is Cl.O=C(CNC1=NCCC1)c1ccc(-c2ccccc2)cc1. The van der Waals surface area contributed by atoms with Gasteiger partial charge in [-0.3, -0.25) is 9.79 Å². The monoisotopic (exact) mass is 314 g/mol. The van der Waals surface area contributed by atoms with Gasteiger partial charge in [0, 0.05) is 18.5 Å². The second kappa shape index (κ2) is 7.76. The van der Waals surface area contributed by atoms with Gasteiger partial charge in [0.2, 0.25) is 0 Å². The van der Waals surface area contributed by atoms with E-state index in [4.69, 9.17) is 0 Å². The minimum atomic E-state index is 0. The number of ketones is 1. The Morgan fingerprint density at radius 3 is 2.32 bits per heavy atom. The molecule has 0 atom stereocenters. The highest BCUT2D eigenvalue weighted by molar-refractivity contribution is 6.00. The molecule has 22 heavy (non-hydrogen) atoms. The van der Waals surface area contributed by atoms with Gasteiger partial charge in [-0.2, -0.15) is 0 Å². The number of carbonyl (C=O) groups is 1. The van der Waals surface area contributed by atoms with E-state index in [1.807, 2.05) is 42.5 Å². The van der Waals surface area contributed by atoms with Crippen molar-refractivity contribution < 1.29 is 4.79 Å². The predicted molar refractivity (Wildman–Crippen MR) is 93.0 cm³/mol. The van der Waals surface area contributed by atoms with E-state index in [0.29, 0.717) is 6.54 Å². The molecule has 1 aliphatic rings. The van der Waals surface area contributed by atoms with Crippen LogP contribution in [-0.4, -0.2) is 24.7 Å². The van der Waals surface area contributed by atoms with E-state index < -0.39 is 0 Å². The van der Waals surface area contributed by atoms with Crippen LogP contribution in [0.4, 0.5) is 0 Å². The van der Waals surface area contributed by atoms with Gasteiger partial charge < -0.3 is 5.32 Å². The summed E-state index contributed by atoms with van der Waals surface area (Å²) in [5, 5.41) is 3.13. The highest BCUT2D eigenvalue weighted by atomic mass is 35.5. The Labute approximate surface area is 136 Å². The number of hydrogen-bond acceptors (Lipinski definition) is 3. The van der Waals surface area contributed by atoms with Crippen molar-refractivity contribution in [2.45, 2.75) is 12.8 Å². The number of aliphatic imine (C=N–C) groups is 1. The van der Waals surface area contributed by atoms with Crippen molar-refractivity contribution in [2.75, 3.05) is 13.1 Å². The molecule has 0 aromatic heterocycles. The lowest BCUT2D eigenvalue weighted by Gasteiger charge is -2.06. The molecule has 0 amide bonds. The van der Waals surface area contributed by atoms with Crippen LogP contribution in [0.3, 0.4) is 0 Å². The van der Waals surface area contributed by atoms with Crippen LogP contribution in [0.25, 0.3) is 11.1 Å². The first-order chi connectivity index (χ1) is 10.3. The number of amidine groups is 1. The highest BCUT2D eigenvalue weighted by Gasteiger charge is 2.09. The molecular weight excluding hydrogens is 296 g/mol. The van der Waals surface area contributed by atoms with Crippen LogP contribution in [0, 0.1) is 0 Å². The number of nitrogens with one attached hydrogen (secondary N) is 1. The quantitative estimate of drug-likeness (QED) is 0.873. The van der Waals surface area contributed by atoms with E-state index in [0.717, 1.165) is 41.9 Å². The number of rotatable bonds is 4. The fourth-order valence-corrected chi connectivity index (χ4v) is 2.45. The molecule has 0 saturated carbocycles. The van der Waals surface area contributed by atoms with E-state index in [9.17, 15) is 4.79 Å². The van der Waals surface area contributed by atoms with Crippen molar-refractivity contribution in [1.29, 1.82) is 0 Å². The average Bonchev–Trinajstić information content (AvgIpc) is 3.07. The van der Waals surface area contributed by atoms with Crippen LogP contribution in [-0.2, 0) is 0 Å². The molecule has 114 valence electrons. The van der Waals surface area contributed by atoms with E-state index in [2.05, 4.69) is 22.4 Å². The maximum atomic E-state index is 12.1. The predicted octanol–water partition coefficient (Wildman–Crippen LogP) is 3.74. The highest BCUT2D eigenvalue weighted by Crippen LogP contribution is 2.19. The Morgan fingerprint density at radius 1 is 1.00 bits per heavy atom. The van der Waals surface area contributed by atoms with E-state index >= 15 is 0 Å². The van der Waals surface area contributed by atoms with Crippen LogP contribution in [0.2, 0.25) is 0 Å². The van der Waals surface area contributed by atoms with Crippen molar-refractivity contribution in [3.8, 4) is 11.1 Å². The molecule has 0 fully saturated rings. The largest absolute Gasteiger partial charge is 0.366 e. The van der Waals surface area contributed by atoms with Crippen molar-refractivity contribution in [3.05, 3.63) is 60.2 Å². The third kappa shape index (κ3) is 3.95. The molecule has 1 aliphatic heterocycles. The molecule has 0 aliphatic carbocycles. The summed E-state index contributed by atoms with van der Waals surface area (Å²) < 4.78 is 0. The van der Waals surface area contributed by atoms with Gasteiger partial charge in [-0.1, -0.05) is 54.6 Å². The number of nitrogens with zero attached hydrogens (tertiary/aromatic N) is 1. The topological polar surface area (TPSA) is 41.5 Å². The van der Waals surface area contributed by atoms with Gasteiger partial charge in [-0.15, -0.1) is 12.4 Å². The minimum absolute atomic E-state index is 0. The van der Waals surface area contributed by atoms with Crippen LogP contribution in [0.15, 0.2) is 59.6 Å². The van der Waals surface area contributed by atoms with Crippen molar-refractivity contribution >= 4 is 24.0 Å². The average molecular weight is 315 g/mol. The normalized spacial score (nSPS) is 13.2. The molecule has 2 aromatic rings. The maximum Gasteiger partial charge on any atom is 0.181 e. The van der Waals surface area contributed by atoms with Crippen LogP contribution in [0.5, 0.6) is 0 Å². The summed E-state index contributed by atoms with van der Waals surface area (Å²) in [6.45, 7) is 1.20. The second-order valence-electron chi connectivity index (χ2n) is 5.15. The fourth-order valence-electron chi connectivity index (χ4n) is 2.45. The van der Waals surface area contributed by atoms with Crippen LogP contribution >= 0.6 is 12.4 Å². The lowest BCUT2D eigenvalue weighted by Crippen LogP contribution is -2.28. The zero-order chi connectivity index (χ0) is 14.5. The summed E-state index contributed by atoms with van der Waals surface area (Å²) in [6.07, 6.45) is 2.04. The van der Waals surface area contributed by atoms with Gasteiger partial charge in [-0.05, 0) is 17.5 Å². The lowest BCUT2D eigenvalue weighted by molar-refractivity contribution is 0.0996. The van der Waals surface area contributed by atoms with Crippen molar-refractivity contribution in [3.63, 3.8) is 0 Å². The van der Waals surface area contributed by atoms with Crippen LogP contribution < -0.4 is 5.32 Å². The molecule has 4 heteroatoms. The Balaban J connectivity index is 0.00000176. The van der Waals surface area contributed by atoms with E-state index in [-0.39, 0.29) is 18.2 Å². The lowest BCUT2D eigenvalue weighted by atomic mass is 10.0. The number of Topliss-reactive ketones (excluding diaryl/α,β-unsaturated/α-hetero) is 1. The van der Waals surface area contributed by atoms with E-state index in [1.54, 1.807) is 0 Å². The Kier molecular flexibility index (Phi) is 5.73. The summed E-state index contributed by atoms with van der Waals surface area (Å²) in [6, 6.07) is 17.9. The number of benzene rings is 2. The molecule has 3 rings (SSSR count). The standard InChI is InChI=1S/C18H18N2O.ClH/c21-17(13-20-18-7-4-12-19-18)16-10-8-15(9-11-16)14-5-2-1-3-6-14;/h1-3,5-6,8-11H,4,7,12-13H2,(H,19,20);1H. The Hall–Kier alpha value is -2.13. The van der Waals surface area contributed by atoms with E-state index in [1.165, 1.54) is 0 Å². The second-order valence-corrected chi connectivity index (χ2v) is 5.15. The Bertz CT molecular complexity index is 651. The number of carbonyl (C=O) groups excluding carboxylic acids is 1. The molecular formula is C18H19ClN2O. The molecule has 2 aromatic carbocycles. The first kappa shape index (κ1) is 16.2. The number of hydrogen-bond donors (Lipinski definition) is 1. The maximum absolute atomic E-state index is 12.1. The Morgan fingerprint density at radius 2 is 1.68 bits per heavy atom. The van der Waals surface area contributed by atoms with Crippen LogP contribution in [0.1, 0.15) is 23.2 Å². The summed E-state index contributed by atoms with van der Waals surface area (Å²) in [5.41, 5.74) is 3.02. The molecule has 1 heterocycles. The minimum Gasteiger partial charge on any atom is -0.366 e. The van der Waals surface area contributed by atoms with Gasteiger partial charge in [0.25, 0.3) is 0 Å². The van der Waals surface area contributed by atoms with Gasteiger partial charge in [0.05, 0.1) is 12.4 Å². The summed E-state index contributed by atoms with van der Waals surface area (Å²) in [5.74, 6) is 1.06. The molecule has 0 bridgehead atoms. The third-order valence-electron chi connectivity index (χ3n) is 3.64. The molecule has 0 unspecified atom stereocenters. The molecule has 0 spiro atoms. The first-order valence-electron chi connectivity index (χ1n) is 7.29. The zero-order valence-corrected chi connectivity index (χ0v) is 13.1. The van der Waals surface area contributed by atoms with Crippen molar-refractivity contribution in [1.82, 2.24) is 5.32 Å². The molecule has 3 nitrogen and oxygen atoms in total. The summed E-state index contributed by atoms with van der Waals surface area (Å²) in [4.78, 5) is 16.4. The van der Waals surface area contributed by atoms with Crippen molar-refractivity contribution in [2.24, 2.45) is 4.99 Å². The van der Waals surface area contributed by atoms with Gasteiger partial charge in [0.1, 0.15) is 0 Å².